The number of fused-ring (bicyclic) bond motifs is 1. The number of urea groups is 1. The summed E-state index contributed by atoms with van der Waals surface area (Å²) in [6, 6.07) is 16.9. The summed E-state index contributed by atoms with van der Waals surface area (Å²) in [5.41, 5.74) is 7.98. The fourth-order valence-corrected chi connectivity index (χ4v) is 4.60. The zero-order valence-corrected chi connectivity index (χ0v) is 22.1. The highest BCUT2D eigenvalue weighted by atomic mass is 32.2. The van der Waals surface area contributed by atoms with Crippen LogP contribution >= 0.6 is 11.8 Å². The normalized spacial score (nSPS) is 11.8. The summed E-state index contributed by atoms with van der Waals surface area (Å²) in [6.45, 7) is 12.5. The van der Waals surface area contributed by atoms with Crippen LogP contribution in [0.15, 0.2) is 54.6 Å². The third-order valence-corrected chi connectivity index (χ3v) is 6.64. The second kappa shape index (κ2) is 10.6. The maximum absolute atomic E-state index is 12.3. The van der Waals surface area contributed by atoms with Gasteiger partial charge in [0.05, 0.1) is 11.4 Å². The van der Waals surface area contributed by atoms with Gasteiger partial charge in [0.2, 0.25) is 5.91 Å². The predicted octanol–water partition coefficient (Wildman–Crippen LogP) is 6.23. The number of hydrazine groups is 1. The zero-order valence-electron chi connectivity index (χ0n) is 21.3. The Morgan fingerprint density at radius 2 is 1.46 bits per heavy atom. The standard InChI is InChI=1S/C28H35N3O3S/c1-27(2,3)21-14-18(15-22(25(21)33)28(4,5)6)16-35-17-24(32)30-31-26(34)29-23-13-9-11-19-10-7-8-12-20(19)23/h7-15,33H,16-17H2,1-6H3,(H,30,32)(H2,29,31,34). The minimum atomic E-state index is -0.511. The Labute approximate surface area is 211 Å². The lowest BCUT2D eigenvalue weighted by Crippen LogP contribution is -2.44. The van der Waals surface area contributed by atoms with E-state index in [1.807, 2.05) is 54.6 Å². The van der Waals surface area contributed by atoms with Crippen molar-refractivity contribution in [3.8, 4) is 5.75 Å². The highest BCUT2D eigenvalue weighted by Crippen LogP contribution is 2.40. The first-order chi connectivity index (χ1) is 16.4. The van der Waals surface area contributed by atoms with Gasteiger partial charge in [0.25, 0.3) is 0 Å². The highest BCUT2D eigenvalue weighted by Gasteiger charge is 2.26. The lowest BCUT2D eigenvalue weighted by Gasteiger charge is -2.28. The number of thioether (sulfide) groups is 1. The average Bonchev–Trinajstić information content (AvgIpc) is 2.77. The van der Waals surface area contributed by atoms with E-state index in [2.05, 4.69) is 57.7 Å². The molecule has 0 radical (unpaired) electrons. The Hall–Kier alpha value is -3.19. The van der Waals surface area contributed by atoms with Gasteiger partial charge in [0.1, 0.15) is 5.75 Å². The Balaban J connectivity index is 1.55. The van der Waals surface area contributed by atoms with Gasteiger partial charge in [0.15, 0.2) is 0 Å². The van der Waals surface area contributed by atoms with Crippen molar-refractivity contribution >= 4 is 40.2 Å². The number of hydrogen-bond acceptors (Lipinski definition) is 4. The van der Waals surface area contributed by atoms with Crippen molar-refractivity contribution in [2.45, 2.75) is 58.1 Å². The van der Waals surface area contributed by atoms with E-state index in [0.29, 0.717) is 17.2 Å². The van der Waals surface area contributed by atoms with Crippen LogP contribution in [-0.4, -0.2) is 22.8 Å². The number of phenols is 1. The molecule has 0 spiro atoms. The molecule has 3 aromatic rings. The number of aromatic hydroxyl groups is 1. The Morgan fingerprint density at radius 1 is 0.857 bits per heavy atom. The molecule has 0 saturated carbocycles. The van der Waals surface area contributed by atoms with Gasteiger partial charge in [-0.25, -0.2) is 10.2 Å². The van der Waals surface area contributed by atoms with Gasteiger partial charge in [-0.15, -0.1) is 11.8 Å². The van der Waals surface area contributed by atoms with Crippen LogP contribution in [0.2, 0.25) is 0 Å². The maximum atomic E-state index is 12.3. The van der Waals surface area contributed by atoms with E-state index in [4.69, 9.17) is 0 Å². The molecule has 0 aliphatic carbocycles. The Kier molecular flexibility index (Phi) is 8.00. The minimum absolute atomic E-state index is 0.186. The molecule has 186 valence electrons. The molecule has 0 unspecified atom stereocenters. The molecule has 7 heteroatoms. The van der Waals surface area contributed by atoms with Crippen molar-refractivity contribution in [3.63, 3.8) is 0 Å². The van der Waals surface area contributed by atoms with Crippen LogP contribution in [0, 0.1) is 0 Å². The fraction of sp³-hybridized carbons (Fsp3) is 0.357. The summed E-state index contributed by atoms with van der Waals surface area (Å²) in [6.07, 6.45) is 0. The lowest BCUT2D eigenvalue weighted by atomic mass is 9.78. The van der Waals surface area contributed by atoms with Crippen molar-refractivity contribution in [1.29, 1.82) is 0 Å². The van der Waals surface area contributed by atoms with E-state index in [1.165, 1.54) is 11.8 Å². The summed E-state index contributed by atoms with van der Waals surface area (Å²) in [4.78, 5) is 24.6. The molecular weight excluding hydrogens is 458 g/mol. The van der Waals surface area contributed by atoms with Gasteiger partial charge in [-0.2, -0.15) is 0 Å². The summed E-state index contributed by atoms with van der Waals surface area (Å²) in [5.74, 6) is 0.847. The third kappa shape index (κ3) is 6.92. The van der Waals surface area contributed by atoms with Gasteiger partial charge < -0.3 is 10.4 Å². The predicted molar refractivity (Wildman–Crippen MR) is 146 cm³/mol. The monoisotopic (exact) mass is 493 g/mol. The van der Waals surface area contributed by atoms with E-state index >= 15 is 0 Å². The summed E-state index contributed by atoms with van der Waals surface area (Å²) in [7, 11) is 0. The van der Waals surface area contributed by atoms with Gasteiger partial charge in [0, 0.05) is 11.1 Å². The Morgan fingerprint density at radius 3 is 2.09 bits per heavy atom. The summed E-state index contributed by atoms with van der Waals surface area (Å²) < 4.78 is 0. The number of amides is 3. The molecule has 3 amide bonds. The molecule has 0 heterocycles. The summed E-state index contributed by atoms with van der Waals surface area (Å²) >= 11 is 1.45. The molecule has 0 fully saturated rings. The van der Waals surface area contributed by atoms with Crippen LogP contribution in [-0.2, 0) is 21.4 Å². The van der Waals surface area contributed by atoms with Gasteiger partial charge in [-0.1, -0.05) is 90.1 Å². The van der Waals surface area contributed by atoms with Crippen molar-refractivity contribution in [3.05, 3.63) is 71.3 Å². The van der Waals surface area contributed by atoms with E-state index in [0.717, 1.165) is 27.5 Å². The number of phenolic OH excluding ortho intramolecular Hbond substituents is 1. The van der Waals surface area contributed by atoms with Gasteiger partial charge in [-0.3, -0.25) is 10.2 Å². The van der Waals surface area contributed by atoms with Gasteiger partial charge >= 0.3 is 6.03 Å². The molecule has 4 N–H and O–H groups in total. The smallest absolute Gasteiger partial charge is 0.337 e. The number of carbonyl (C=O) groups excluding carboxylic acids is 2. The Bertz CT molecular complexity index is 1190. The van der Waals surface area contributed by atoms with Crippen molar-refractivity contribution < 1.29 is 14.7 Å². The van der Waals surface area contributed by atoms with Crippen LogP contribution in [0.25, 0.3) is 10.8 Å². The number of rotatable bonds is 5. The van der Waals surface area contributed by atoms with Crippen LogP contribution in [0.3, 0.4) is 0 Å². The van der Waals surface area contributed by atoms with E-state index in [9.17, 15) is 14.7 Å². The van der Waals surface area contributed by atoms with Crippen molar-refractivity contribution in [2.24, 2.45) is 0 Å². The van der Waals surface area contributed by atoms with Gasteiger partial charge in [-0.05, 0) is 39.0 Å². The molecule has 0 saturated heterocycles. The first-order valence-electron chi connectivity index (χ1n) is 11.6. The molecule has 0 bridgehead atoms. The number of nitrogens with one attached hydrogen (secondary N) is 3. The van der Waals surface area contributed by atoms with Crippen LogP contribution < -0.4 is 16.2 Å². The number of carbonyl (C=O) groups is 2. The number of hydrogen-bond donors (Lipinski definition) is 4. The average molecular weight is 494 g/mol. The molecule has 0 aromatic heterocycles. The molecule has 0 aliphatic rings. The second-order valence-corrected chi connectivity index (χ2v) is 11.7. The zero-order chi connectivity index (χ0) is 25.8. The first kappa shape index (κ1) is 26.4. The molecule has 0 aliphatic heterocycles. The largest absolute Gasteiger partial charge is 0.507 e. The van der Waals surface area contributed by atoms with Crippen LogP contribution in [0.1, 0.15) is 58.2 Å². The molecular formula is C28H35N3O3S. The molecule has 6 nitrogen and oxygen atoms in total. The van der Waals surface area contributed by atoms with E-state index < -0.39 is 6.03 Å². The SMILES string of the molecule is CC(C)(C)c1cc(CSCC(=O)NNC(=O)Nc2cccc3ccccc23)cc(C(C)(C)C)c1O. The second-order valence-electron chi connectivity index (χ2n) is 10.7. The molecule has 0 atom stereocenters. The summed E-state index contributed by atoms with van der Waals surface area (Å²) in [5, 5.41) is 15.6. The minimum Gasteiger partial charge on any atom is -0.507 e. The first-order valence-corrected chi connectivity index (χ1v) is 12.8. The van der Waals surface area contributed by atoms with Crippen LogP contribution in [0.4, 0.5) is 10.5 Å². The van der Waals surface area contributed by atoms with Crippen LogP contribution in [0.5, 0.6) is 5.75 Å². The molecule has 3 aromatic carbocycles. The fourth-order valence-electron chi connectivity index (χ4n) is 3.83. The molecule has 3 rings (SSSR count). The van der Waals surface area contributed by atoms with E-state index in [1.54, 1.807) is 0 Å². The highest BCUT2D eigenvalue weighted by molar-refractivity contribution is 7.99. The van der Waals surface area contributed by atoms with Crippen molar-refractivity contribution in [2.75, 3.05) is 11.1 Å². The lowest BCUT2D eigenvalue weighted by molar-refractivity contribution is -0.119. The van der Waals surface area contributed by atoms with E-state index in [-0.39, 0.29) is 22.5 Å². The third-order valence-electron chi connectivity index (χ3n) is 5.64. The maximum Gasteiger partial charge on any atom is 0.337 e. The van der Waals surface area contributed by atoms with Crippen molar-refractivity contribution in [1.82, 2.24) is 10.9 Å². The quantitative estimate of drug-likeness (QED) is 0.317. The topological polar surface area (TPSA) is 90.5 Å². The number of anilines is 1. The number of benzene rings is 3. The molecule has 35 heavy (non-hydrogen) atoms.